The average Bonchev–Trinajstić information content (AvgIpc) is 3.02. The predicted octanol–water partition coefficient (Wildman–Crippen LogP) is 3.14. The molecule has 28 heavy (non-hydrogen) atoms. The first-order valence-corrected chi connectivity index (χ1v) is 9.61. The van der Waals surface area contributed by atoms with Gasteiger partial charge >= 0.3 is 5.97 Å². The van der Waals surface area contributed by atoms with Crippen molar-refractivity contribution in [1.29, 1.82) is 0 Å². The summed E-state index contributed by atoms with van der Waals surface area (Å²) in [5, 5.41) is 5.64. The average molecular weight is 378 g/mol. The number of rotatable bonds is 4. The fourth-order valence-electron chi connectivity index (χ4n) is 3.91. The second-order valence-electron chi connectivity index (χ2n) is 7.24. The molecule has 1 atom stereocenters. The quantitative estimate of drug-likeness (QED) is 0.632. The maximum absolute atomic E-state index is 13.3. The van der Waals surface area contributed by atoms with E-state index in [0.717, 1.165) is 32.1 Å². The maximum Gasteiger partial charge on any atom is 0.340 e. The molecule has 2 aromatic rings. The number of benzene rings is 2. The van der Waals surface area contributed by atoms with Crippen molar-refractivity contribution in [2.24, 2.45) is 0 Å². The van der Waals surface area contributed by atoms with Crippen molar-refractivity contribution in [3.05, 3.63) is 65.7 Å². The Morgan fingerprint density at radius 3 is 2.39 bits per heavy atom. The van der Waals surface area contributed by atoms with Gasteiger partial charge < -0.3 is 15.4 Å². The van der Waals surface area contributed by atoms with Gasteiger partial charge in [0, 0.05) is 17.3 Å². The van der Waals surface area contributed by atoms with Crippen LogP contribution in [0.2, 0.25) is 0 Å². The summed E-state index contributed by atoms with van der Waals surface area (Å²) in [5.41, 5.74) is -0.907. The van der Waals surface area contributed by atoms with Crippen molar-refractivity contribution in [2.75, 3.05) is 5.32 Å². The van der Waals surface area contributed by atoms with Gasteiger partial charge in [0.1, 0.15) is 0 Å². The molecule has 1 saturated carbocycles. The Morgan fingerprint density at radius 2 is 1.64 bits per heavy atom. The van der Waals surface area contributed by atoms with Crippen molar-refractivity contribution in [3.63, 3.8) is 0 Å². The molecule has 0 bridgehead atoms. The zero-order chi connectivity index (χ0) is 19.6. The number of fused-ring (bicyclic) bond motifs is 1. The van der Waals surface area contributed by atoms with Gasteiger partial charge in [0.2, 0.25) is 0 Å². The number of carbonyl (C=O) groups is 3. The van der Waals surface area contributed by atoms with Crippen LogP contribution in [-0.4, -0.2) is 23.8 Å². The molecule has 0 spiro atoms. The summed E-state index contributed by atoms with van der Waals surface area (Å²) in [6, 6.07) is 15.2. The molecule has 1 aliphatic heterocycles. The lowest BCUT2D eigenvalue weighted by molar-refractivity contribution is -0.152. The molecule has 2 N–H and O–H groups in total. The number of hydrogen-bond acceptors (Lipinski definition) is 4. The van der Waals surface area contributed by atoms with E-state index in [9.17, 15) is 14.4 Å². The predicted molar refractivity (Wildman–Crippen MR) is 104 cm³/mol. The number of hydrogen-bond donors (Lipinski definition) is 2. The third-order valence-electron chi connectivity index (χ3n) is 5.39. The summed E-state index contributed by atoms with van der Waals surface area (Å²) in [4.78, 5) is 39.1. The van der Waals surface area contributed by atoms with Crippen LogP contribution in [0.25, 0.3) is 0 Å². The highest BCUT2D eigenvalue weighted by molar-refractivity contribution is 6.20. The first-order chi connectivity index (χ1) is 13.6. The van der Waals surface area contributed by atoms with E-state index in [1.165, 1.54) is 0 Å². The Bertz CT molecular complexity index is 906. The van der Waals surface area contributed by atoms with Crippen LogP contribution in [0, 0.1) is 0 Å². The molecule has 144 valence electrons. The summed E-state index contributed by atoms with van der Waals surface area (Å²) in [7, 11) is 0. The molecule has 0 saturated heterocycles. The van der Waals surface area contributed by atoms with Crippen molar-refractivity contribution in [2.45, 2.75) is 43.7 Å². The Hall–Kier alpha value is -3.15. The molecule has 1 aliphatic carbocycles. The molecule has 0 aromatic heterocycles. The lowest BCUT2D eigenvalue weighted by atomic mass is 9.91. The Kier molecular flexibility index (Phi) is 4.86. The van der Waals surface area contributed by atoms with Gasteiger partial charge in [-0.3, -0.25) is 9.59 Å². The third-order valence-corrected chi connectivity index (χ3v) is 5.39. The second kappa shape index (κ2) is 7.46. The highest BCUT2D eigenvalue weighted by Gasteiger charge is 2.57. The van der Waals surface area contributed by atoms with Gasteiger partial charge in [0.15, 0.2) is 0 Å². The highest BCUT2D eigenvalue weighted by atomic mass is 16.6. The van der Waals surface area contributed by atoms with E-state index in [1.807, 2.05) is 0 Å². The van der Waals surface area contributed by atoms with Crippen molar-refractivity contribution in [1.82, 2.24) is 5.32 Å². The minimum absolute atomic E-state index is 0.0193. The molecule has 1 unspecified atom stereocenters. The molecule has 1 heterocycles. The monoisotopic (exact) mass is 378 g/mol. The van der Waals surface area contributed by atoms with Crippen LogP contribution in [0.4, 0.5) is 5.69 Å². The first kappa shape index (κ1) is 18.2. The smallest absolute Gasteiger partial charge is 0.340 e. The first-order valence-electron chi connectivity index (χ1n) is 9.61. The lowest BCUT2D eigenvalue weighted by Gasteiger charge is -2.30. The maximum atomic E-state index is 13.3. The number of anilines is 1. The summed E-state index contributed by atoms with van der Waals surface area (Å²) >= 11 is 0. The van der Waals surface area contributed by atoms with Gasteiger partial charge in [0.25, 0.3) is 17.4 Å². The molecule has 2 aromatic carbocycles. The number of nitrogens with one attached hydrogen (secondary N) is 2. The molecule has 2 aliphatic rings. The van der Waals surface area contributed by atoms with Crippen LogP contribution in [0.5, 0.6) is 0 Å². The summed E-state index contributed by atoms with van der Waals surface area (Å²) in [6.07, 6.45) is 4.92. The largest absolute Gasteiger partial charge is 0.430 e. The van der Waals surface area contributed by atoms with Gasteiger partial charge in [-0.15, -0.1) is 0 Å². The van der Waals surface area contributed by atoms with Crippen molar-refractivity contribution in [3.8, 4) is 0 Å². The molecule has 4 rings (SSSR count). The van der Waals surface area contributed by atoms with Gasteiger partial charge in [-0.05, 0) is 31.0 Å². The lowest BCUT2D eigenvalue weighted by Crippen LogP contribution is -2.54. The van der Waals surface area contributed by atoms with Crippen LogP contribution in [0.15, 0.2) is 54.6 Å². The number of para-hydroxylation sites is 1. The number of amides is 2. The Labute approximate surface area is 163 Å². The van der Waals surface area contributed by atoms with Crippen LogP contribution in [0.3, 0.4) is 0 Å². The van der Waals surface area contributed by atoms with Crippen molar-refractivity contribution < 1.29 is 19.1 Å². The molecule has 1 fully saturated rings. The minimum atomic E-state index is -2.03. The molecule has 6 nitrogen and oxygen atoms in total. The van der Waals surface area contributed by atoms with Crippen LogP contribution in [0.1, 0.15) is 48.0 Å². The van der Waals surface area contributed by atoms with Gasteiger partial charge in [-0.25, -0.2) is 4.79 Å². The van der Waals surface area contributed by atoms with Crippen LogP contribution >= 0.6 is 0 Å². The van der Waals surface area contributed by atoms with E-state index in [4.69, 9.17) is 4.74 Å². The number of esters is 1. The minimum Gasteiger partial charge on any atom is -0.430 e. The summed E-state index contributed by atoms with van der Waals surface area (Å²) < 4.78 is 5.66. The van der Waals surface area contributed by atoms with Gasteiger partial charge in [-0.1, -0.05) is 55.7 Å². The zero-order valence-corrected chi connectivity index (χ0v) is 15.4. The Balaban J connectivity index is 1.70. The normalized spacial score (nSPS) is 21.5. The summed E-state index contributed by atoms with van der Waals surface area (Å²) in [6.45, 7) is 0. The van der Waals surface area contributed by atoms with E-state index in [1.54, 1.807) is 54.6 Å². The third kappa shape index (κ3) is 3.15. The SMILES string of the molecule is O=C(OC1(C(=O)NC2CCCCC2)C(=O)Nc2ccccc21)c1ccccc1. The van der Waals surface area contributed by atoms with Gasteiger partial charge in [-0.2, -0.15) is 0 Å². The van der Waals surface area contributed by atoms with E-state index in [2.05, 4.69) is 10.6 Å². The van der Waals surface area contributed by atoms with Crippen LogP contribution < -0.4 is 10.6 Å². The highest BCUT2D eigenvalue weighted by Crippen LogP contribution is 2.40. The Morgan fingerprint density at radius 1 is 0.964 bits per heavy atom. The fourth-order valence-corrected chi connectivity index (χ4v) is 3.91. The zero-order valence-electron chi connectivity index (χ0n) is 15.4. The molecular formula is C22H22N2O4. The molecule has 0 radical (unpaired) electrons. The van der Waals surface area contributed by atoms with E-state index in [-0.39, 0.29) is 11.6 Å². The van der Waals surface area contributed by atoms with E-state index in [0.29, 0.717) is 11.3 Å². The topological polar surface area (TPSA) is 84.5 Å². The standard InChI is InChI=1S/C22H22N2O4/c25-19(15-9-3-1-4-10-15)28-22(20(26)23-16-11-5-2-6-12-16)17-13-7-8-14-18(17)24-21(22)27/h1,3-4,7-10,13-14,16H,2,5-6,11-12H2,(H,23,26)(H,24,27). The van der Waals surface area contributed by atoms with Crippen molar-refractivity contribution >= 4 is 23.5 Å². The van der Waals surface area contributed by atoms with E-state index < -0.39 is 23.4 Å². The molecule has 6 heteroatoms. The molecule has 2 amide bonds. The fraction of sp³-hybridized carbons (Fsp3) is 0.318. The molecular weight excluding hydrogens is 356 g/mol. The van der Waals surface area contributed by atoms with Gasteiger partial charge in [0.05, 0.1) is 5.56 Å². The van der Waals surface area contributed by atoms with E-state index >= 15 is 0 Å². The number of ether oxygens (including phenoxy) is 1. The second-order valence-corrected chi connectivity index (χ2v) is 7.24. The van der Waals surface area contributed by atoms with Crippen LogP contribution in [-0.2, 0) is 19.9 Å². The number of carbonyl (C=O) groups excluding carboxylic acids is 3. The summed E-state index contributed by atoms with van der Waals surface area (Å²) in [5.74, 6) is -1.95.